The standard InChI is InChI=1S/C23H17BrN4O/c24-21-14-8-7-13-20(21)23(29)26-25-15-18-16-28(19-11-5-2-6-12-19)27-22(18)17-9-3-1-4-10-17/h1-16H,(H,26,29)/b25-15+. The van der Waals surface area contributed by atoms with Crippen molar-refractivity contribution >= 4 is 28.1 Å². The lowest BCUT2D eigenvalue weighted by Gasteiger charge is -2.02. The lowest BCUT2D eigenvalue weighted by molar-refractivity contribution is 0.0954. The molecule has 0 atom stereocenters. The lowest BCUT2D eigenvalue weighted by Crippen LogP contribution is -2.18. The van der Waals surface area contributed by atoms with Crippen LogP contribution in [0.2, 0.25) is 0 Å². The van der Waals surface area contributed by atoms with Crippen molar-refractivity contribution < 1.29 is 4.79 Å². The summed E-state index contributed by atoms with van der Waals surface area (Å²) in [4.78, 5) is 12.4. The second-order valence-corrected chi connectivity index (χ2v) is 7.11. The zero-order valence-electron chi connectivity index (χ0n) is 15.4. The SMILES string of the molecule is O=C(N/N=C/c1cn(-c2ccccc2)nc1-c1ccccc1)c1ccccc1Br. The van der Waals surface area contributed by atoms with Crippen LogP contribution >= 0.6 is 15.9 Å². The minimum Gasteiger partial charge on any atom is -0.267 e. The second kappa shape index (κ2) is 8.67. The number of amides is 1. The molecule has 0 aliphatic carbocycles. The Morgan fingerprint density at radius 1 is 0.931 bits per heavy atom. The quantitative estimate of drug-likeness (QED) is 0.345. The van der Waals surface area contributed by atoms with Crippen LogP contribution in [0.25, 0.3) is 16.9 Å². The average molecular weight is 445 g/mol. The van der Waals surface area contributed by atoms with Gasteiger partial charge in [0.05, 0.1) is 17.5 Å². The molecule has 0 radical (unpaired) electrons. The van der Waals surface area contributed by atoms with E-state index in [1.54, 1.807) is 23.0 Å². The highest BCUT2D eigenvalue weighted by atomic mass is 79.9. The molecule has 1 heterocycles. The third-order valence-corrected chi connectivity index (χ3v) is 4.99. The summed E-state index contributed by atoms with van der Waals surface area (Å²) in [5, 5.41) is 8.88. The molecule has 6 heteroatoms. The first-order valence-corrected chi connectivity index (χ1v) is 9.80. The van der Waals surface area contributed by atoms with Crippen molar-refractivity contribution in [2.45, 2.75) is 0 Å². The molecule has 0 bridgehead atoms. The number of rotatable bonds is 5. The molecular weight excluding hydrogens is 428 g/mol. The Morgan fingerprint density at radius 2 is 1.59 bits per heavy atom. The summed E-state index contributed by atoms with van der Waals surface area (Å²) in [6.45, 7) is 0. The smallest absolute Gasteiger partial charge is 0.267 e. The van der Waals surface area contributed by atoms with E-state index in [0.29, 0.717) is 5.56 Å². The molecule has 0 saturated heterocycles. The fraction of sp³-hybridized carbons (Fsp3) is 0. The van der Waals surface area contributed by atoms with Gasteiger partial charge in [0.15, 0.2) is 0 Å². The maximum atomic E-state index is 12.4. The summed E-state index contributed by atoms with van der Waals surface area (Å²) in [5.41, 5.74) is 6.60. The molecule has 0 saturated carbocycles. The van der Waals surface area contributed by atoms with Gasteiger partial charge in [-0.1, -0.05) is 60.7 Å². The lowest BCUT2D eigenvalue weighted by atomic mass is 10.1. The molecule has 0 unspecified atom stereocenters. The third kappa shape index (κ3) is 4.33. The van der Waals surface area contributed by atoms with Gasteiger partial charge >= 0.3 is 0 Å². The summed E-state index contributed by atoms with van der Waals surface area (Å²) in [6, 6.07) is 26.9. The summed E-state index contributed by atoms with van der Waals surface area (Å²) in [7, 11) is 0. The van der Waals surface area contributed by atoms with Gasteiger partial charge in [-0.05, 0) is 40.2 Å². The van der Waals surface area contributed by atoms with Crippen molar-refractivity contribution in [3.63, 3.8) is 0 Å². The van der Waals surface area contributed by atoms with E-state index in [1.807, 2.05) is 79.0 Å². The highest BCUT2D eigenvalue weighted by Crippen LogP contribution is 2.22. The summed E-state index contributed by atoms with van der Waals surface area (Å²) < 4.78 is 2.52. The van der Waals surface area contributed by atoms with Gasteiger partial charge in [0.1, 0.15) is 5.69 Å². The molecule has 0 fully saturated rings. The van der Waals surface area contributed by atoms with E-state index < -0.39 is 0 Å². The van der Waals surface area contributed by atoms with E-state index in [-0.39, 0.29) is 5.91 Å². The molecule has 5 nitrogen and oxygen atoms in total. The van der Waals surface area contributed by atoms with E-state index >= 15 is 0 Å². The molecule has 1 aromatic heterocycles. The highest BCUT2D eigenvalue weighted by molar-refractivity contribution is 9.10. The highest BCUT2D eigenvalue weighted by Gasteiger charge is 2.12. The van der Waals surface area contributed by atoms with E-state index in [2.05, 4.69) is 26.5 Å². The summed E-state index contributed by atoms with van der Waals surface area (Å²) in [5.74, 6) is -0.287. The van der Waals surface area contributed by atoms with Crippen LogP contribution in [0.15, 0.2) is 101 Å². The number of carbonyl (C=O) groups is 1. The van der Waals surface area contributed by atoms with Gasteiger partial charge in [0.25, 0.3) is 5.91 Å². The van der Waals surface area contributed by atoms with E-state index in [4.69, 9.17) is 5.10 Å². The number of benzene rings is 3. The first kappa shape index (κ1) is 18.8. The Bertz CT molecular complexity index is 1150. The predicted octanol–water partition coefficient (Wildman–Crippen LogP) is 5.07. The Balaban J connectivity index is 1.63. The summed E-state index contributed by atoms with van der Waals surface area (Å²) in [6.07, 6.45) is 3.51. The van der Waals surface area contributed by atoms with Gasteiger partial charge in [0, 0.05) is 21.8 Å². The molecule has 3 aromatic carbocycles. The zero-order chi connectivity index (χ0) is 20.1. The van der Waals surface area contributed by atoms with Crippen molar-refractivity contribution in [1.82, 2.24) is 15.2 Å². The number of hydrazone groups is 1. The van der Waals surface area contributed by atoms with Crippen LogP contribution in [-0.4, -0.2) is 21.9 Å². The third-order valence-electron chi connectivity index (χ3n) is 4.30. The van der Waals surface area contributed by atoms with E-state index in [0.717, 1.165) is 27.0 Å². The van der Waals surface area contributed by atoms with Crippen molar-refractivity contribution in [3.8, 4) is 16.9 Å². The number of para-hydroxylation sites is 1. The molecule has 4 aromatic rings. The first-order chi connectivity index (χ1) is 14.2. The fourth-order valence-corrected chi connectivity index (χ4v) is 3.35. The number of aromatic nitrogens is 2. The molecule has 1 amide bonds. The molecule has 29 heavy (non-hydrogen) atoms. The minimum absolute atomic E-state index is 0.287. The Kier molecular flexibility index (Phi) is 5.63. The Hall–Kier alpha value is -3.51. The second-order valence-electron chi connectivity index (χ2n) is 6.26. The number of hydrogen-bond donors (Lipinski definition) is 1. The van der Waals surface area contributed by atoms with Crippen molar-refractivity contribution in [2.75, 3.05) is 0 Å². The van der Waals surface area contributed by atoms with Crippen LogP contribution in [0.3, 0.4) is 0 Å². The number of nitrogens with zero attached hydrogens (tertiary/aromatic N) is 3. The maximum Gasteiger partial charge on any atom is 0.272 e. The Labute approximate surface area is 176 Å². The van der Waals surface area contributed by atoms with E-state index in [1.165, 1.54) is 0 Å². The number of halogens is 1. The van der Waals surface area contributed by atoms with Crippen molar-refractivity contribution in [2.24, 2.45) is 5.10 Å². The molecule has 0 spiro atoms. The van der Waals surface area contributed by atoms with Gasteiger partial charge in [0.2, 0.25) is 0 Å². The van der Waals surface area contributed by atoms with Gasteiger partial charge < -0.3 is 0 Å². The monoisotopic (exact) mass is 444 g/mol. The van der Waals surface area contributed by atoms with Crippen LogP contribution in [0, 0.1) is 0 Å². The topological polar surface area (TPSA) is 59.3 Å². The largest absolute Gasteiger partial charge is 0.272 e. The predicted molar refractivity (Wildman–Crippen MR) is 118 cm³/mol. The molecule has 0 aliphatic rings. The normalized spacial score (nSPS) is 10.9. The van der Waals surface area contributed by atoms with Gasteiger partial charge in [-0.15, -0.1) is 0 Å². The molecule has 142 valence electrons. The van der Waals surface area contributed by atoms with Crippen LogP contribution in [0.5, 0.6) is 0 Å². The number of hydrogen-bond acceptors (Lipinski definition) is 3. The van der Waals surface area contributed by atoms with Gasteiger partial charge in [-0.3, -0.25) is 4.79 Å². The van der Waals surface area contributed by atoms with Crippen LogP contribution in [0.4, 0.5) is 0 Å². The summed E-state index contributed by atoms with van der Waals surface area (Å²) >= 11 is 3.38. The zero-order valence-corrected chi connectivity index (χ0v) is 17.0. The average Bonchev–Trinajstić information content (AvgIpc) is 3.19. The van der Waals surface area contributed by atoms with Crippen LogP contribution in [-0.2, 0) is 0 Å². The fourth-order valence-electron chi connectivity index (χ4n) is 2.88. The van der Waals surface area contributed by atoms with Gasteiger partial charge in [-0.2, -0.15) is 10.2 Å². The van der Waals surface area contributed by atoms with E-state index in [9.17, 15) is 4.79 Å². The molecule has 0 aliphatic heterocycles. The van der Waals surface area contributed by atoms with Crippen LogP contribution < -0.4 is 5.43 Å². The van der Waals surface area contributed by atoms with Crippen LogP contribution in [0.1, 0.15) is 15.9 Å². The maximum absolute atomic E-state index is 12.4. The Morgan fingerprint density at radius 3 is 2.31 bits per heavy atom. The first-order valence-electron chi connectivity index (χ1n) is 9.01. The minimum atomic E-state index is -0.287. The number of carbonyl (C=O) groups excluding carboxylic acids is 1. The van der Waals surface area contributed by atoms with Gasteiger partial charge in [-0.25, -0.2) is 10.1 Å². The van der Waals surface area contributed by atoms with Crippen molar-refractivity contribution in [1.29, 1.82) is 0 Å². The molecular formula is C23H17BrN4O. The van der Waals surface area contributed by atoms with Crippen molar-refractivity contribution in [3.05, 3.63) is 107 Å². The molecule has 1 N–H and O–H groups in total. The number of nitrogens with one attached hydrogen (secondary N) is 1. The molecule has 4 rings (SSSR count).